The lowest BCUT2D eigenvalue weighted by molar-refractivity contribution is -0.384. The lowest BCUT2D eigenvalue weighted by Crippen LogP contribution is -2.22. The van der Waals surface area contributed by atoms with Crippen molar-refractivity contribution < 1.29 is 24.7 Å². The molecular weight excluding hydrogens is 364 g/mol. The number of nitro groups is 1. The first-order valence-corrected chi connectivity index (χ1v) is 8.17. The van der Waals surface area contributed by atoms with Crippen molar-refractivity contribution in [2.75, 3.05) is 5.32 Å². The maximum absolute atomic E-state index is 13.1. The number of hydrogen-bond donors (Lipinski definition) is 3. The van der Waals surface area contributed by atoms with Crippen LogP contribution in [-0.2, 0) is 0 Å². The fourth-order valence-electron chi connectivity index (χ4n) is 3.21. The van der Waals surface area contributed by atoms with Gasteiger partial charge in [-0.15, -0.1) is 0 Å². The Bertz CT molecular complexity index is 1170. The molecule has 8 nitrogen and oxygen atoms in total. The number of nitrogens with zero attached hydrogens (tertiary/aromatic N) is 1. The monoisotopic (exact) mass is 376 g/mol. The second kappa shape index (κ2) is 6.20. The van der Waals surface area contributed by atoms with E-state index in [1.165, 1.54) is 6.07 Å². The molecule has 138 valence electrons. The Kier molecular flexibility index (Phi) is 3.82. The van der Waals surface area contributed by atoms with Crippen LogP contribution in [0.25, 0.3) is 0 Å². The minimum atomic E-state index is -0.710. The molecule has 0 aromatic heterocycles. The van der Waals surface area contributed by atoms with Crippen molar-refractivity contribution in [2.45, 2.75) is 0 Å². The summed E-state index contributed by atoms with van der Waals surface area (Å²) in [7, 11) is 0. The van der Waals surface area contributed by atoms with E-state index in [-0.39, 0.29) is 33.6 Å². The van der Waals surface area contributed by atoms with Gasteiger partial charge in [-0.3, -0.25) is 19.7 Å². The van der Waals surface area contributed by atoms with Gasteiger partial charge >= 0.3 is 0 Å². The predicted molar refractivity (Wildman–Crippen MR) is 99.5 cm³/mol. The summed E-state index contributed by atoms with van der Waals surface area (Å²) in [6.07, 6.45) is 0. The standard InChI is InChI=1S/C20H12N2O6/c23-14-9-15(24)18(21-10-4-2-1-3-5-10)17-16(14)19(25)12-7-6-11(22(27)28)8-13(12)20(17)26/h1-9,21,23-24H. The highest BCUT2D eigenvalue weighted by Gasteiger charge is 2.36. The molecule has 28 heavy (non-hydrogen) atoms. The van der Waals surface area contributed by atoms with Gasteiger partial charge in [0, 0.05) is 35.0 Å². The number of phenolic OH excluding ortho intramolecular Hbond substituents is 2. The number of carbonyl (C=O) groups excluding carboxylic acids is 2. The molecule has 0 saturated carbocycles. The highest BCUT2D eigenvalue weighted by atomic mass is 16.6. The van der Waals surface area contributed by atoms with E-state index in [0.717, 1.165) is 18.2 Å². The molecule has 0 fully saturated rings. The maximum Gasteiger partial charge on any atom is 0.270 e. The Hall–Kier alpha value is -4.20. The van der Waals surface area contributed by atoms with E-state index in [2.05, 4.69) is 5.32 Å². The summed E-state index contributed by atoms with van der Waals surface area (Å²) >= 11 is 0. The molecule has 0 heterocycles. The number of rotatable bonds is 3. The molecule has 8 heteroatoms. The number of anilines is 2. The van der Waals surface area contributed by atoms with Gasteiger partial charge in [-0.2, -0.15) is 0 Å². The zero-order chi connectivity index (χ0) is 20.0. The van der Waals surface area contributed by atoms with Crippen LogP contribution < -0.4 is 5.32 Å². The van der Waals surface area contributed by atoms with Gasteiger partial charge in [0.15, 0.2) is 11.6 Å². The van der Waals surface area contributed by atoms with E-state index < -0.39 is 28.0 Å². The minimum absolute atomic E-state index is 0.0465. The molecule has 4 rings (SSSR count). The van der Waals surface area contributed by atoms with Gasteiger partial charge in [0.1, 0.15) is 11.5 Å². The number of nitro benzene ring substituents is 1. The van der Waals surface area contributed by atoms with E-state index in [1.807, 2.05) is 0 Å². The van der Waals surface area contributed by atoms with Crippen LogP contribution in [-0.4, -0.2) is 26.7 Å². The number of non-ortho nitro benzene ring substituents is 1. The molecule has 0 saturated heterocycles. The molecule has 3 aromatic rings. The predicted octanol–water partition coefficient (Wildman–Crippen LogP) is 3.53. The molecule has 1 aliphatic rings. The SMILES string of the molecule is O=C1c2ccc([N+](=O)[O-])cc2C(=O)c2c(Nc3ccccc3)c(O)cc(O)c21. The summed E-state index contributed by atoms with van der Waals surface area (Å²) in [6, 6.07) is 12.9. The number of para-hydroxylation sites is 1. The van der Waals surface area contributed by atoms with Crippen LogP contribution in [0.5, 0.6) is 11.5 Å². The van der Waals surface area contributed by atoms with Gasteiger partial charge in [-0.25, -0.2) is 0 Å². The van der Waals surface area contributed by atoms with Gasteiger partial charge in [0.2, 0.25) is 0 Å². The Morgan fingerprint density at radius 1 is 0.821 bits per heavy atom. The Morgan fingerprint density at radius 3 is 2.18 bits per heavy atom. The number of ketones is 2. The Balaban J connectivity index is 1.96. The largest absolute Gasteiger partial charge is 0.507 e. The van der Waals surface area contributed by atoms with Crippen LogP contribution in [0, 0.1) is 10.1 Å². The lowest BCUT2D eigenvalue weighted by Gasteiger charge is -2.22. The van der Waals surface area contributed by atoms with Crippen LogP contribution in [0.2, 0.25) is 0 Å². The molecule has 0 spiro atoms. The molecule has 3 aromatic carbocycles. The molecule has 0 amide bonds. The van der Waals surface area contributed by atoms with Gasteiger partial charge in [0.05, 0.1) is 21.7 Å². The number of aromatic hydroxyl groups is 2. The van der Waals surface area contributed by atoms with Gasteiger partial charge in [0.25, 0.3) is 5.69 Å². The van der Waals surface area contributed by atoms with Crippen molar-refractivity contribution in [3.63, 3.8) is 0 Å². The van der Waals surface area contributed by atoms with E-state index in [0.29, 0.717) is 5.69 Å². The summed E-state index contributed by atoms with van der Waals surface area (Å²) in [4.78, 5) is 36.4. The van der Waals surface area contributed by atoms with Crippen LogP contribution in [0.3, 0.4) is 0 Å². The highest BCUT2D eigenvalue weighted by Crippen LogP contribution is 2.43. The van der Waals surface area contributed by atoms with Crippen LogP contribution in [0.1, 0.15) is 31.8 Å². The van der Waals surface area contributed by atoms with E-state index in [1.54, 1.807) is 30.3 Å². The third-order valence-electron chi connectivity index (χ3n) is 4.49. The van der Waals surface area contributed by atoms with Crippen LogP contribution in [0.15, 0.2) is 54.6 Å². The molecular formula is C20H12N2O6. The topological polar surface area (TPSA) is 130 Å². The van der Waals surface area contributed by atoms with Crippen molar-refractivity contribution in [3.8, 4) is 11.5 Å². The fourth-order valence-corrected chi connectivity index (χ4v) is 3.21. The normalized spacial score (nSPS) is 12.3. The van der Waals surface area contributed by atoms with E-state index >= 15 is 0 Å². The summed E-state index contributed by atoms with van der Waals surface area (Å²) in [5.41, 5.74) is -0.569. The van der Waals surface area contributed by atoms with Crippen molar-refractivity contribution >= 4 is 28.6 Å². The smallest absolute Gasteiger partial charge is 0.270 e. The minimum Gasteiger partial charge on any atom is -0.507 e. The number of nitrogens with one attached hydrogen (secondary N) is 1. The zero-order valence-electron chi connectivity index (χ0n) is 14.2. The van der Waals surface area contributed by atoms with Crippen LogP contribution in [0.4, 0.5) is 17.1 Å². The molecule has 0 radical (unpaired) electrons. The van der Waals surface area contributed by atoms with Crippen LogP contribution >= 0.6 is 0 Å². The summed E-state index contributed by atoms with van der Waals surface area (Å²) in [5.74, 6) is -2.35. The Morgan fingerprint density at radius 2 is 1.50 bits per heavy atom. The van der Waals surface area contributed by atoms with Crippen molar-refractivity contribution in [1.82, 2.24) is 0 Å². The van der Waals surface area contributed by atoms with Gasteiger partial charge in [-0.1, -0.05) is 18.2 Å². The average Bonchev–Trinajstić information content (AvgIpc) is 2.68. The van der Waals surface area contributed by atoms with E-state index in [9.17, 15) is 29.9 Å². The number of phenols is 2. The first-order valence-electron chi connectivity index (χ1n) is 8.17. The van der Waals surface area contributed by atoms with E-state index in [4.69, 9.17) is 0 Å². The summed E-state index contributed by atoms with van der Waals surface area (Å²) in [5, 5.41) is 34.5. The van der Waals surface area contributed by atoms with Crippen molar-refractivity contribution in [3.05, 3.63) is 87.0 Å². The molecule has 3 N–H and O–H groups in total. The molecule has 1 aliphatic carbocycles. The zero-order valence-corrected chi connectivity index (χ0v) is 14.2. The third kappa shape index (κ3) is 2.55. The first-order chi connectivity index (χ1) is 13.4. The molecule has 0 unspecified atom stereocenters. The van der Waals surface area contributed by atoms with Gasteiger partial charge < -0.3 is 15.5 Å². The molecule has 0 bridgehead atoms. The third-order valence-corrected chi connectivity index (χ3v) is 4.49. The maximum atomic E-state index is 13.1. The fraction of sp³-hybridized carbons (Fsp3) is 0. The molecule has 0 aliphatic heterocycles. The second-order valence-electron chi connectivity index (χ2n) is 6.18. The quantitative estimate of drug-likeness (QED) is 0.216. The summed E-state index contributed by atoms with van der Waals surface area (Å²) in [6.45, 7) is 0. The number of benzene rings is 3. The number of hydrogen-bond acceptors (Lipinski definition) is 7. The number of fused-ring (bicyclic) bond motifs is 2. The average molecular weight is 376 g/mol. The number of carbonyl (C=O) groups is 2. The first kappa shape index (κ1) is 17.2. The van der Waals surface area contributed by atoms with Crippen molar-refractivity contribution in [2.24, 2.45) is 0 Å². The highest BCUT2D eigenvalue weighted by molar-refractivity contribution is 6.31. The second-order valence-corrected chi connectivity index (χ2v) is 6.18. The summed E-state index contributed by atoms with van der Waals surface area (Å²) < 4.78 is 0. The lowest BCUT2D eigenvalue weighted by atomic mass is 9.82. The van der Waals surface area contributed by atoms with Gasteiger partial charge in [-0.05, 0) is 18.2 Å². The van der Waals surface area contributed by atoms with Crippen molar-refractivity contribution in [1.29, 1.82) is 0 Å². The molecule has 0 atom stereocenters. The Labute approximate surface area is 157 Å².